The lowest BCUT2D eigenvalue weighted by Crippen LogP contribution is -2.22. The van der Waals surface area contributed by atoms with Gasteiger partial charge < -0.3 is 10.1 Å². The molecule has 0 saturated heterocycles. The number of ether oxygens (including phenoxy) is 1. The zero-order chi connectivity index (χ0) is 14.7. The molecule has 2 N–H and O–H groups in total. The van der Waals surface area contributed by atoms with Gasteiger partial charge in [0.1, 0.15) is 0 Å². The molecule has 6 heteroatoms. The number of rotatable bonds is 4. The second-order valence-electron chi connectivity index (χ2n) is 4.56. The predicted molar refractivity (Wildman–Crippen MR) is 78.1 cm³/mol. The van der Waals surface area contributed by atoms with E-state index in [4.69, 9.17) is 4.74 Å². The molecule has 0 aliphatic carbocycles. The molecule has 0 aliphatic heterocycles. The number of methoxy groups -OCH3 is 1. The normalized spacial score (nSPS) is 10.5. The summed E-state index contributed by atoms with van der Waals surface area (Å²) in [6.07, 6.45) is 3.40. The van der Waals surface area contributed by atoms with E-state index in [-0.39, 0.29) is 5.91 Å². The van der Waals surface area contributed by atoms with Gasteiger partial charge in [0.25, 0.3) is 5.91 Å². The van der Waals surface area contributed by atoms with Crippen LogP contribution in [-0.2, 0) is 6.54 Å². The summed E-state index contributed by atoms with van der Waals surface area (Å²) in [5.74, 6) is 0.414. The number of pyridine rings is 1. The zero-order valence-corrected chi connectivity index (χ0v) is 11.5. The number of fused-ring (bicyclic) bond motifs is 1. The number of carbonyl (C=O) groups is 1. The first-order valence-electron chi connectivity index (χ1n) is 6.46. The Morgan fingerprint density at radius 3 is 2.95 bits per heavy atom. The Morgan fingerprint density at radius 2 is 2.19 bits per heavy atom. The highest BCUT2D eigenvalue weighted by molar-refractivity contribution is 5.97. The van der Waals surface area contributed by atoms with Crippen molar-refractivity contribution in [2.45, 2.75) is 6.54 Å². The Labute approximate surface area is 121 Å². The number of H-pyrrole nitrogens is 1. The van der Waals surface area contributed by atoms with Gasteiger partial charge in [-0.3, -0.25) is 9.89 Å². The Balaban J connectivity index is 1.67. The quantitative estimate of drug-likeness (QED) is 0.766. The molecule has 0 spiro atoms. The molecule has 3 aromatic rings. The van der Waals surface area contributed by atoms with Gasteiger partial charge in [-0.25, -0.2) is 4.98 Å². The molecule has 0 fully saturated rings. The largest absolute Gasteiger partial charge is 0.481 e. The molecule has 1 amide bonds. The average Bonchev–Trinajstić information content (AvgIpc) is 3.00. The van der Waals surface area contributed by atoms with Crippen molar-refractivity contribution in [3.8, 4) is 5.88 Å². The molecule has 21 heavy (non-hydrogen) atoms. The summed E-state index contributed by atoms with van der Waals surface area (Å²) in [6.45, 7) is 0.414. The third-order valence-electron chi connectivity index (χ3n) is 3.16. The number of aromatic nitrogens is 3. The Kier molecular flexibility index (Phi) is 3.51. The first-order chi connectivity index (χ1) is 10.3. The second kappa shape index (κ2) is 5.62. The monoisotopic (exact) mass is 282 g/mol. The zero-order valence-electron chi connectivity index (χ0n) is 11.5. The van der Waals surface area contributed by atoms with Crippen LogP contribution in [0.25, 0.3) is 10.9 Å². The van der Waals surface area contributed by atoms with E-state index in [1.165, 1.54) is 0 Å². The summed E-state index contributed by atoms with van der Waals surface area (Å²) in [5.41, 5.74) is 2.34. The van der Waals surface area contributed by atoms with Gasteiger partial charge >= 0.3 is 0 Å². The fourth-order valence-corrected chi connectivity index (χ4v) is 2.00. The molecule has 0 aliphatic rings. The lowest BCUT2D eigenvalue weighted by atomic mass is 10.1. The number of amides is 1. The van der Waals surface area contributed by atoms with Crippen molar-refractivity contribution in [3.05, 3.63) is 53.9 Å². The van der Waals surface area contributed by atoms with E-state index in [0.717, 1.165) is 16.5 Å². The van der Waals surface area contributed by atoms with Crippen LogP contribution in [0.1, 0.15) is 15.9 Å². The van der Waals surface area contributed by atoms with Crippen molar-refractivity contribution in [1.82, 2.24) is 20.5 Å². The minimum absolute atomic E-state index is 0.137. The maximum Gasteiger partial charge on any atom is 0.251 e. The Hall–Kier alpha value is -2.89. The average molecular weight is 282 g/mol. The summed E-state index contributed by atoms with van der Waals surface area (Å²) in [6, 6.07) is 9.05. The molecule has 3 rings (SSSR count). The summed E-state index contributed by atoms with van der Waals surface area (Å²) in [5, 5.41) is 10.6. The Morgan fingerprint density at radius 1 is 1.29 bits per heavy atom. The third kappa shape index (κ3) is 2.84. The van der Waals surface area contributed by atoms with Gasteiger partial charge in [0.05, 0.1) is 18.8 Å². The maximum atomic E-state index is 12.1. The number of hydrogen-bond donors (Lipinski definition) is 2. The van der Waals surface area contributed by atoms with Crippen molar-refractivity contribution in [2.75, 3.05) is 7.11 Å². The fourth-order valence-electron chi connectivity index (χ4n) is 2.00. The molecule has 1 aromatic carbocycles. The number of benzene rings is 1. The minimum Gasteiger partial charge on any atom is -0.481 e. The summed E-state index contributed by atoms with van der Waals surface area (Å²) < 4.78 is 4.99. The van der Waals surface area contributed by atoms with Crippen LogP contribution < -0.4 is 10.1 Å². The molecule has 106 valence electrons. The minimum atomic E-state index is -0.137. The lowest BCUT2D eigenvalue weighted by molar-refractivity contribution is 0.0951. The molecule has 2 heterocycles. The van der Waals surface area contributed by atoms with Gasteiger partial charge in [0.15, 0.2) is 0 Å². The second-order valence-corrected chi connectivity index (χ2v) is 4.56. The smallest absolute Gasteiger partial charge is 0.251 e. The SMILES string of the molecule is COc1ccc(CNC(=O)c2ccc3cn[nH]c3c2)cn1. The van der Waals surface area contributed by atoms with E-state index in [0.29, 0.717) is 18.0 Å². The topological polar surface area (TPSA) is 79.9 Å². The summed E-state index contributed by atoms with van der Waals surface area (Å²) >= 11 is 0. The highest BCUT2D eigenvalue weighted by Crippen LogP contribution is 2.13. The van der Waals surface area contributed by atoms with Crippen LogP contribution in [0.15, 0.2) is 42.7 Å². The number of nitrogens with zero attached hydrogens (tertiary/aromatic N) is 2. The summed E-state index contributed by atoms with van der Waals surface area (Å²) in [4.78, 5) is 16.2. The van der Waals surface area contributed by atoms with Crippen LogP contribution in [-0.4, -0.2) is 28.2 Å². The molecular weight excluding hydrogens is 268 g/mol. The van der Waals surface area contributed by atoms with Crippen molar-refractivity contribution in [3.63, 3.8) is 0 Å². The molecule has 6 nitrogen and oxygen atoms in total. The van der Waals surface area contributed by atoms with E-state index in [1.54, 1.807) is 37.7 Å². The molecule has 0 unspecified atom stereocenters. The van der Waals surface area contributed by atoms with Crippen molar-refractivity contribution >= 4 is 16.8 Å². The number of aromatic amines is 1. The van der Waals surface area contributed by atoms with Crippen LogP contribution in [0.4, 0.5) is 0 Å². The molecule has 0 saturated carbocycles. The van der Waals surface area contributed by atoms with Gasteiger partial charge in [-0.15, -0.1) is 0 Å². The predicted octanol–water partition coefficient (Wildman–Crippen LogP) is 1.90. The van der Waals surface area contributed by atoms with E-state index in [1.807, 2.05) is 12.1 Å². The van der Waals surface area contributed by atoms with Crippen LogP contribution in [0, 0.1) is 0 Å². The van der Waals surface area contributed by atoms with E-state index >= 15 is 0 Å². The summed E-state index contributed by atoms with van der Waals surface area (Å²) in [7, 11) is 1.56. The van der Waals surface area contributed by atoms with Gasteiger partial charge in [-0.1, -0.05) is 12.1 Å². The van der Waals surface area contributed by atoms with E-state index < -0.39 is 0 Å². The van der Waals surface area contributed by atoms with Crippen LogP contribution in [0.3, 0.4) is 0 Å². The maximum absolute atomic E-state index is 12.1. The molecule has 0 atom stereocenters. The van der Waals surface area contributed by atoms with Crippen molar-refractivity contribution < 1.29 is 9.53 Å². The molecule has 0 bridgehead atoms. The number of nitrogens with one attached hydrogen (secondary N) is 2. The van der Waals surface area contributed by atoms with Gasteiger partial charge in [0.2, 0.25) is 5.88 Å². The number of hydrogen-bond acceptors (Lipinski definition) is 4. The first kappa shape index (κ1) is 13.1. The van der Waals surface area contributed by atoms with Gasteiger partial charge in [-0.2, -0.15) is 5.10 Å². The van der Waals surface area contributed by atoms with Crippen LogP contribution in [0.5, 0.6) is 5.88 Å². The number of carbonyl (C=O) groups excluding carboxylic acids is 1. The molecule has 2 aromatic heterocycles. The molecule has 0 radical (unpaired) electrons. The van der Waals surface area contributed by atoms with E-state index in [9.17, 15) is 4.79 Å². The van der Waals surface area contributed by atoms with Crippen molar-refractivity contribution in [2.24, 2.45) is 0 Å². The Bertz CT molecular complexity index is 765. The van der Waals surface area contributed by atoms with Gasteiger partial charge in [-0.05, 0) is 17.7 Å². The lowest BCUT2D eigenvalue weighted by Gasteiger charge is -2.06. The van der Waals surface area contributed by atoms with Crippen LogP contribution in [0.2, 0.25) is 0 Å². The first-order valence-corrected chi connectivity index (χ1v) is 6.46. The van der Waals surface area contributed by atoms with Crippen LogP contribution >= 0.6 is 0 Å². The fraction of sp³-hybridized carbons (Fsp3) is 0.133. The van der Waals surface area contributed by atoms with Crippen molar-refractivity contribution in [1.29, 1.82) is 0 Å². The highest BCUT2D eigenvalue weighted by atomic mass is 16.5. The molecular formula is C15H14N4O2. The van der Waals surface area contributed by atoms with Gasteiger partial charge in [0, 0.05) is 29.8 Å². The third-order valence-corrected chi connectivity index (χ3v) is 3.16. The van der Waals surface area contributed by atoms with E-state index in [2.05, 4.69) is 20.5 Å². The standard InChI is InChI=1S/C15H14N4O2/c1-21-14-5-2-10(7-16-14)8-17-15(20)11-3-4-12-9-18-19-13(12)6-11/h2-7,9H,8H2,1H3,(H,17,20)(H,18,19). The highest BCUT2D eigenvalue weighted by Gasteiger charge is 2.07.